The summed E-state index contributed by atoms with van der Waals surface area (Å²) in [5, 5.41) is 7.29. The van der Waals surface area contributed by atoms with Crippen LogP contribution in [-0.2, 0) is 11.3 Å². The lowest BCUT2D eigenvalue weighted by atomic mass is 10.2. The van der Waals surface area contributed by atoms with E-state index in [4.69, 9.17) is 9.47 Å². The third-order valence-corrected chi connectivity index (χ3v) is 5.16. The van der Waals surface area contributed by atoms with Gasteiger partial charge in [-0.15, -0.1) is 5.10 Å². The molecule has 1 aliphatic carbocycles. The Bertz CT molecular complexity index is 1180. The largest absolute Gasteiger partial charge is 0.493 e. The second kappa shape index (κ2) is 9.51. The molecular weight excluding hydrogens is 410 g/mol. The van der Waals surface area contributed by atoms with Crippen LogP contribution in [0.4, 0.5) is 0 Å². The number of hydrogen-bond acceptors (Lipinski definition) is 6. The van der Waals surface area contributed by atoms with Crippen molar-refractivity contribution < 1.29 is 14.3 Å². The first-order valence-electron chi connectivity index (χ1n) is 10.4. The summed E-state index contributed by atoms with van der Waals surface area (Å²) in [4.78, 5) is 29.2. The predicted molar refractivity (Wildman–Crippen MR) is 120 cm³/mol. The smallest absolute Gasteiger partial charge is 0.346 e. The van der Waals surface area contributed by atoms with Crippen LogP contribution in [0, 0.1) is 0 Å². The van der Waals surface area contributed by atoms with E-state index in [1.54, 1.807) is 49.4 Å². The second-order valence-electron chi connectivity index (χ2n) is 7.41. The molecule has 1 aliphatic rings. The van der Waals surface area contributed by atoms with E-state index in [1.807, 2.05) is 18.2 Å². The second-order valence-corrected chi connectivity index (χ2v) is 7.41. The third-order valence-electron chi connectivity index (χ3n) is 5.16. The van der Waals surface area contributed by atoms with Gasteiger partial charge in [0.2, 0.25) is 5.91 Å². The number of nitrogens with one attached hydrogen (secondary N) is 1. The summed E-state index contributed by atoms with van der Waals surface area (Å²) in [5.41, 5.74) is 1.44. The maximum Gasteiger partial charge on any atom is 0.346 e. The maximum absolute atomic E-state index is 12.8. The van der Waals surface area contributed by atoms with Crippen LogP contribution in [-0.4, -0.2) is 46.0 Å². The fourth-order valence-corrected chi connectivity index (χ4v) is 3.39. The van der Waals surface area contributed by atoms with Crippen LogP contribution >= 0.6 is 0 Å². The normalized spacial score (nSPS) is 13.3. The zero-order valence-electron chi connectivity index (χ0n) is 18.0. The van der Waals surface area contributed by atoms with Gasteiger partial charge in [0.1, 0.15) is 0 Å². The van der Waals surface area contributed by atoms with Gasteiger partial charge in [-0.1, -0.05) is 6.07 Å². The summed E-state index contributed by atoms with van der Waals surface area (Å²) >= 11 is 0. The molecule has 1 saturated carbocycles. The molecule has 1 fully saturated rings. The molecule has 0 spiro atoms. The molecule has 166 valence electrons. The molecule has 0 atom stereocenters. The molecule has 3 aromatic rings. The molecule has 0 aliphatic heterocycles. The van der Waals surface area contributed by atoms with E-state index >= 15 is 0 Å². The molecule has 9 heteroatoms. The Morgan fingerprint density at radius 2 is 2.03 bits per heavy atom. The Kier molecular flexibility index (Phi) is 6.34. The minimum atomic E-state index is -0.262. The summed E-state index contributed by atoms with van der Waals surface area (Å²) in [6.07, 6.45) is 8.45. The average molecular weight is 435 g/mol. The van der Waals surface area contributed by atoms with Crippen LogP contribution in [0.2, 0.25) is 0 Å². The molecule has 4 rings (SSSR count). The van der Waals surface area contributed by atoms with Crippen LogP contribution in [0.5, 0.6) is 11.5 Å². The van der Waals surface area contributed by atoms with Gasteiger partial charge in [-0.2, -0.15) is 0 Å². The summed E-state index contributed by atoms with van der Waals surface area (Å²) in [6, 6.07) is 9.28. The van der Waals surface area contributed by atoms with Crippen LogP contribution in [0.15, 0.2) is 53.6 Å². The summed E-state index contributed by atoms with van der Waals surface area (Å²) in [7, 11) is 3.13. The molecular formula is C23H25N5O4. The number of pyridine rings is 1. The number of carbonyl (C=O) groups is 1. The molecule has 1 amide bonds. The van der Waals surface area contributed by atoms with Crippen LogP contribution in [0.1, 0.15) is 24.4 Å². The quantitative estimate of drug-likeness (QED) is 0.518. The van der Waals surface area contributed by atoms with Gasteiger partial charge in [-0.25, -0.2) is 9.48 Å². The highest BCUT2D eigenvalue weighted by molar-refractivity contribution is 5.91. The minimum absolute atomic E-state index is 0.165. The van der Waals surface area contributed by atoms with Gasteiger partial charge < -0.3 is 14.8 Å². The number of rotatable bonds is 9. The van der Waals surface area contributed by atoms with Crippen molar-refractivity contribution in [1.82, 2.24) is 24.6 Å². The molecule has 1 N–H and O–H groups in total. The minimum Gasteiger partial charge on any atom is -0.493 e. The number of amides is 1. The van der Waals surface area contributed by atoms with Crippen molar-refractivity contribution >= 4 is 12.0 Å². The average Bonchev–Trinajstić information content (AvgIpc) is 3.61. The highest BCUT2D eigenvalue weighted by Gasteiger charge is 2.30. The van der Waals surface area contributed by atoms with Crippen molar-refractivity contribution in [1.29, 1.82) is 0 Å². The number of benzene rings is 1. The molecule has 2 heterocycles. The van der Waals surface area contributed by atoms with Gasteiger partial charge in [0.05, 0.1) is 20.8 Å². The van der Waals surface area contributed by atoms with E-state index < -0.39 is 0 Å². The van der Waals surface area contributed by atoms with Gasteiger partial charge in [-0.3, -0.25) is 14.3 Å². The Labute approximate surface area is 185 Å². The first kappa shape index (κ1) is 21.4. The lowest BCUT2D eigenvalue weighted by Crippen LogP contribution is -2.31. The van der Waals surface area contributed by atoms with Gasteiger partial charge in [0.25, 0.3) is 0 Å². The summed E-state index contributed by atoms with van der Waals surface area (Å²) in [5.74, 6) is 1.56. The predicted octanol–water partition coefficient (Wildman–Crippen LogP) is 2.29. The topological polar surface area (TPSA) is 100 Å². The first-order valence-corrected chi connectivity index (χ1v) is 10.4. The van der Waals surface area contributed by atoms with Crippen molar-refractivity contribution in [3.63, 3.8) is 0 Å². The van der Waals surface area contributed by atoms with Gasteiger partial charge in [-0.05, 0) is 48.7 Å². The van der Waals surface area contributed by atoms with Crippen LogP contribution in [0.3, 0.4) is 0 Å². The van der Waals surface area contributed by atoms with Crippen LogP contribution in [0.25, 0.3) is 17.5 Å². The molecule has 0 saturated heterocycles. The molecule has 0 radical (unpaired) electrons. The number of methoxy groups -OCH3 is 2. The fraction of sp³-hybridized carbons (Fsp3) is 0.304. The van der Waals surface area contributed by atoms with E-state index in [9.17, 15) is 9.59 Å². The highest BCUT2D eigenvalue weighted by Crippen LogP contribution is 2.36. The lowest BCUT2D eigenvalue weighted by molar-refractivity contribution is -0.116. The summed E-state index contributed by atoms with van der Waals surface area (Å²) < 4.78 is 13.6. The van der Waals surface area contributed by atoms with E-state index in [-0.39, 0.29) is 30.7 Å². The first-order chi connectivity index (χ1) is 15.6. The van der Waals surface area contributed by atoms with Gasteiger partial charge in [0, 0.05) is 36.6 Å². The molecule has 0 unspecified atom stereocenters. The summed E-state index contributed by atoms with van der Waals surface area (Å²) in [6.45, 7) is 0.560. The van der Waals surface area contributed by atoms with Crippen molar-refractivity contribution in [3.8, 4) is 22.9 Å². The number of aromatic nitrogens is 4. The van der Waals surface area contributed by atoms with Crippen molar-refractivity contribution in [2.45, 2.75) is 25.4 Å². The lowest BCUT2D eigenvalue weighted by Gasteiger charge is -2.07. The SMILES string of the molecule is COc1ccc(/C=C/C(=O)NCCn2nc(-c3cccnc3)n(C3CC3)c2=O)cc1OC. The van der Waals surface area contributed by atoms with E-state index in [1.165, 1.54) is 10.8 Å². The molecule has 32 heavy (non-hydrogen) atoms. The molecule has 2 aromatic heterocycles. The third kappa shape index (κ3) is 4.72. The number of hydrogen-bond donors (Lipinski definition) is 1. The van der Waals surface area contributed by atoms with Crippen molar-refractivity contribution in [2.24, 2.45) is 0 Å². The highest BCUT2D eigenvalue weighted by atomic mass is 16.5. The number of carbonyl (C=O) groups excluding carboxylic acids is 1. The zero-order chi connectivity index (χ0) is 22.5. The van der Waals surface area contributed by atoms with Gasteiger partial charge >= 0.3 is 5.69 Å². The standard InChI is InChI=1S/C23H25N5O4/c1-31-19-9-5-16(14-20(19)32-2)6-10-21(29)25-12-13-27-23(30)28(18-7-8-18)22(26-27)17-4-3-11-24-15-17/h3-6,9-11,14-15,18H,7-8,12-13H2,1-2H3,(H,25,29)/b10-6+. The Hall–Kier alpha value is -3.88. The van der Waals surface area contributed by atoms with E-state index in [0.717, 1.165) is 24.0 Å². The van der Waals surface area contributed by atoms with Crippen molar-refractivity contribution in [3.05, 3.63) is 64.8 Å². The molecule has 0 bridgehead atoms. The monoisotopic (exact) mass is 435 g/mol. The Morgan fingerprint density at radius 1 is 1.22 bits per heavy atom. The number of ether oxygens (including phenoxy) is 2. The fourth-order valence-electron chi connectivity index (χ4n) is 3.39. The molecule has 9 nitrogen and oxygen atoms in total. The molecule has 1 aromatic carbocycles. The number of nitrogens with zero attached hydrogens (tertiary/aromatic N) is 4. The maximum atomic E-state index is 12.8. The van der Waals surface area contributed by atoms with Crippen molar-refractivity contribution in [2.75, 3.05) is 20.8 Å². The van der Waals surface area contributed by atoms with E-state index in [2.05, 4.69) is 15.4 Å². The van der Waals surface area contributed by atoms with E-state index in [0.29, 0.717) is 17.3 Å². The van der Waals surface area contributed by atoms with Crippen LogP contribution < -0.4 is 20.5 Å². The Morgan fingerprint density at radius 3 is 2.72 bits per heavy atom. The zero-order valence-corrected chi connectivity index (χ0v) is 18.0. The van der Waals surface area contributed by atoms with Gasteiger partial charge in [0.15, 0.2) is 17.3 Å². The Balaban J connectivity index is 1.39.